The molecular formula is C8H12ClN3O. The predicted octanol–water partition coefficient (Wildman–Crippen LogP) is 1.25. The molecule has 1 aromatic heterocycles. The number of nitrogens with two attached hydrogens (primary N) is 1. The van der Waals surface area contributed by atoms with Gasteiger partial charge >= 0.3 is 0 Å². The van der Waals surface area contributed by atoms with Crippen molar-refractivity contribution in [2.24, 2.45) is 5.73 Å². The molecule has 72 valence electrons. The maximum Gasteiger partial charge on any atom is 0.235 e. The Hall–Kier alpha value is -0.870. The molecule has 0 saturated carbocycles. The fraction of sp³-hybridized carbons (Fsp3) is 0.500. The molecule has 0 bridgehead atoms. The Balaban J connectivity index is 2.60. The van der Waals surface area contributed by atoms with Gasteiger partial charge in [0, 0.05) is 5.54 Å². The summed E-state index contributed by atoms with van der Waals surface area (Å²) in [5.41, 5.74) is 5.33. The van der Waals surface area contributed by atoms with Crippen LogP contribution < -0.4 is 10.5 Å². The Morgan fingerprint density at radius 3 is 2.85 bits per heavy atom. The van der Waals surface area contributed by atoms with Crippen LogP contribution in [0.2, 0.25) is 5.02 Å². The number of rotatable bonds is 3. The molecular weight excluding hydrogens is 190 g/mol. The molecule has 0 spiro atoms. The van der Waals surface area contributed by atoms with Crippen LogP contribution in [0.3, 0.4) is 0 Å². The lowest BCUT2D eigenvalue weighted by atomic mass is 10.1. The quantitative estimate of drug-likeness (QED) is 0.800. The van der Waals surface area contributed by atoms with Gasteiger partial charge in [-0.2, -0.15) is 0 Å². The van der Waals surface area contributed by atoms with Crippen molar-refractivity contribution in [1.82, 2.24) is 9.97 Å². The van der Waals surface area contributed by atoms with E-state index in [1.807, 2.05) is 13.8 Å². The second-order valence-electron chi connectivity index (χ2n) is 3.45. The van der Waals surface area contributed by atoms with Gasteiger partial charge in [0.1, 0.15) is 18.0 Å². The van der Waals surface area contributed by atoms with Gasteiger partial charge in [0.05, 0.1) is 6.20 Å². The molecule has 5 heteroatoms. The first-order valence-electron chi connectivity index (χ1n) is 3.86. The van der Waals surface area contributed by atoms with E-state index in [2.05, 4.69) is 9.97 Å². The molecule has 0 aliphatic heterocycles. The lowest BCUT2D eigenvalue weighted by molar-refractivity contribution is 0.235. The first-order valence-corrected chi connectivity index (χ1v) is 4.24. The standard InChI is InChI=1S/C8H12ClN3O/c1-8(2,10)4-13-7-6(9)3-11-5-12-7/h3,5H,4,10H2,1-2H3. The topological polar surface area (TPSA) is 61.0 Å². The van der Waals surface area contributed by atoms with Crippen LogP contribution in [0.1, 0.15) is 13.8 Å². The number of halogens is 1. The molecule has 1 rings (SSSR count). The monoisotopic (exact) mass is 201 g/mol. The van der Waals surface area contributed by atoms with Crippen molar-refractivity contribution in [2.45, 2.75) is 19.4 Å². The summed E-state index contributed by atoms with van der Waals surface area (Å²) in [6.45, 7) is 4.09. The minimum atomic E-state index is -0.395. The van der Waals surface area contributed by atoms with Crippen molar-refractivity contribution in [3.05, 3.63) is 17.5 Å². The van der Waals surface area contributed by atoms with Crippen LogP contribution >= 0.6 is 11.6 Å². The largest absolute Gasteiger partial charge is 0.475 e. The zero-order valence-corrected chi connectivity index (χ0v) is 8.38. The molecule has 2 N–H and O–H groups in total. The molecule has 4 nitrogen and oxygen atoms in total. The van der Waals surface area contributed by atoms with E-state index in [9.17, 15) is 0 Å². The van der Waals surface area contributed by atoms with Gasteiger partial charge in [-0.25, -0.2) is 9.97 Å². The van der Waals surface area contributed by atoms with Crippen LogP contribution in [-0.2, 0) is 0 Å². The molecule has 1 heterocycles. The summed E-state index contributed by atoms with van der Waals surface area (Å²) in [6.07, 6.45) is 2.86. The fourth-order valence-electron chi connectivity index (χ4n) is 0.662. The van der Waals surface area contributed by atoms with Crippen molar-refractivity contribution in [3.8, 4) is 5.88 Å². The van der Waals surface area contributed by atoms with Crippen LogP contribution in [0.5, 0.6) is 5.88 Å². The second-order valence-corrected chi connectivity index (χ2v) is 3.86. The van der Waals surface area contributed by atoms with Crippen molar-refractivity contribution in [3.63, 3.8) is 0 Å². The molecule has 0 aliphatic carbocycles. The van der Waals surface area contributed by atoms with Crippen molar-refractivity contribution in [2.75, 3.05) is 6.61 Å². The van der Waals surface area contributed by atoms with Crippen LogP contribution in [0.25, 0.3) is 0 Å². The van der Waals surface area contributed by atoms with E-state index >= 15 is 0 Å². The zero-order valence-electron chi connectivity index (χ0n) is 7.62. The Bertz CT molecular complexity index is 285. The van der Waals surface area contributed by atoms with Gasteiger partial charge in [0.25, 0.3) is 0 Å². The summed E-state index contributed by atoms with van der Waals surface area (Å²) in [6, 6.07) is 0. The van der Waals surface area contributed by atoms with Crippen LogP contribution in [-0.4, -0.2) is 22.1 Å². The molecule has 0 saturated heterocycles. The number of aromatic nitrogens is 2. The Kier molecular flexibility index (Phi) is 3.06. The summed E-state index contributed by atoms with van der Waals surface area (Å²) in [5, 5.41) is 0.395. The Morgan fingerprint density at radius 1 is 1.62 bits per heavy atom. The summed E-state index contributed by atoms with van der Waals surface area (Å²) in [7, 11) is 0. The van der Waals surface area contributed by atoms with E-state index in [4.69, 9.17) is 22.1 Å². The first-order chi connectivity index (χ1) is 5.99. The molecule has 0 aromatic carbocycles. The predicted molar refractivity (Wildman–Crippen MR) is 50.8 cm³/mol. The highest BCUT2D eigenvalue weighted by Gasteiger charge is 2.13. The normalized spacial score (nSPS) is 11.4. The zero-order chi connectivity index (χ0) is 9.90. The summed E-state index contributed by atoms with van der Waals surface area (Å²) >= 11 is 5.76. The van der Waals surface area contributed by atoms with Gasteiger partial charge in [0.2, 0.25) is 5.88 Å². The minimum absolute atomic E-state index is 0.365. The molecule has 0 amide bonds. The van der Waals surface area contributed by atoms with E-state index in [1.165, 1.54) is 12.5 Å². The Morgan fingerprint density at radius 2 is 2.31 bits per heavy atom. The summed E-state index contributed by atoms with van der Waals surface area (Å²) in [4.78, 5) is 7.60. The number of hydrogen-bond donors (Lipinski definition) is 1. The molecule has 1 aromatic rings. The molecule has 0 radical (unpaired) electrons. The summed E-state index contributed by atoms with van der Waals surface area (Å²) < 4.78 is 5.29. The van der Waals surface area contributed by atoms with E-state index in [0.717, 1.165) is 0 Å². The third-order valence-electron chi connectivity index (χ3n) is 1.21. The van der Waals surface area contributed by atoms with E-state index in [1.54, 1.807) is 0 Å². The average Bonchev–Trinajstić information content (AvgIpc) is 2.01. The van der Waals surface area contributed by atoms with Gasteiger partial charge in [0.15, 0.2) is 0 Å². The maximum absolute atomic E-state index is 5.76. The third-order valence-corrected chi connectivity index (χ3v) is 1.47. The SMILES string of the molecule is CC(C)(N)COc1ncncc1Cl. The highest BCUT2D eigenvalue weighted by Crippen LogP contribution is 2.19. The van der Waals surface area contributed by atoms with Gasteiger partial charge in [-0.15, -0.1) is 0 Å². The lowest BCUT2D eigenvalue weighted by Crippen LogP contribution is -2.38. The molecule has 0 atom stereocenters. The maximum atomic E-state index is 5.76. The van der Waals surface area contributed by atoms with Gasteiger partial charge in [-0.3, -0.25) is 0 Å². The van der Waals surface area contributed by atoms with Gasteiger partial charge in [-0.1, -0.05) is 11.6 Å². The second kappa shape index (κ2) is 3.89. The first kappa shape index (κ1) is 10.2. The van der Waals surface area contributed by atoms with Crippen molar-refractivity contribution >= 4 is 11.6 Å². The number of hydrogen-bond acceptors (Lipinski definition) is 4. The average molecular weight is 202 g/mol. The van der Waals surface area contributed by atoms with E-state index in [0.29, 0.717) is 17.5 Å². The number of ether oxygens (including phenoxy) is 1. The summed E-state index contributed by atoms with van der Waals surface area (Å²) in [5.74, 6) is 0.371. The van der Waals surface area contributed by atoms with Gasteiger partial charge in [-0.05, 0) is 13.8 Å². The van der Waals surface area contributed by atoms with Crippen molar-refractivity contribution < 1.29 is 4.74 Å². The fourth-order valence-corrected chi connectivity index (χ4v) is 0.822. The van der Waals surface area contributed by atoms with Crippen LogP contribution in [0.15, 0.2) is 12.5 Å². The smallest absolute Gasteiger partial charge is 0.235 e. The molecule has 13 heavy (non-hydrogen) atoms. The van der Waals surface area contributed by atoms with Crippen LogP contribution in [0.4, 0.5) is 0 Å². The highest BCUT2D eigenvalue weighted by molar-refractivity contribution is 6.31. The third kappa shape index (κ3) is 3.57. The van der Waals surface area contributed by atoms with E-state index in [-0.39, 0.29) is 0 Å². The minimum Gasteiger partial charge on any atom is -0.475 e. The lowest BCUT2D eigenvalue weighted by Gasteiger charge is -2.18. The molecule has 0 fully saturated rings. The molecule has 0 unspecified atom stereocenters. The molecule has 0 aliphatic rings. The Labute approximate surface area is 82.1 Å². The highest BCUT2D eigenvalue weighted by atomic mass is 35.5. The van der Waals surface area contributed by atoms with Gasteiger partial charge < -0.3 is 10.5 Å². The van der Waals surface area contributed by atoms with Crippen LogP contribution in [0, 0.1) is 0 Å². The van der Waals surface area contributed by atoms with E-state index < -0.39 is 5.54 Å². The van der Waals surface area contributed by atoms with Crippen molar-refractivity contribution in [1.29, 1.82) is 0 Å². The number of nitrogens with zero attached hydrogens (tertiary/aromatic N) is 2.